The van der Waals surface area contributed by atoms with Crippen LogP contribution in [0.25, 0.3) is 10.9 Å². The third-order valence-electron chi connectivity index (χ3n) is 3.99. The fraction of sp³-hybridized carbons (Fsp3) is 0.375. The van der Waals surface area contributed by atoms with Crippen molar-refractivity contribution in [1.29, 1.82) is 5.26 Å². The molecule has 0 amide bonds. The molecule has 0 aliphatic carbocycles. The summed E-state index contributed by atoms with van der Waals surface area (Å²) >= 11 is 0. The van der Waals surface area contributed by atoms with Crippen LogP contribution in [0.15, 0.2) is 36.5 Å². The van der Waals surface area contributed by atoms with Gasteiger partial charge in [-0.05, 0) is 30.5 Å². The van der Waals surface area contributed by atoms with Crippen LogP contribution in [0.1, 0.15) is 24.5 Å². The maximum Gasteiger partial charge on any atom is 0.111 e. The van der Waals surface area contributed by atoms with Crippen molar-refractivity contribution in [1.82, 2.24) is 4.98 Å². The molecule has 0 saturated carbocycles. The number of hydrogen-bond donors (Lipinski definition) is 1. The molecule has 2 heterocycles. The first-order valence-electron chi connectivity index (χ1n) is 6.77. The second-order valence-electron chi connectivity index (χ2n) is 5.24. The zero-order valence-corrected chi connectivity index (χ0v) is 11.1. The Hall–Kier alpha value is -1.96. The molecular weight excluding hydrogens is 252 g/mol. The van der Waals surface area contributed by atoms with Gasteiger partial charge in [0.1, 0.15) is 11.5 Å². The number of aliphatic hydroxyl groups is 1. The number of fused-ring (bicyclic) bond motifs is 1. The molecule has 20 heavy (non-hydrogen) atoms. The Bertz CT molecular complexity index is 652. The van der Waals surface area contributed by atoms with E-state index < -0.39 is 11.5 Å². The summed E-state index contributed by atoms with van der Waals surface area (Å²) in [5, 5.41) is 21.2. The van der Waals surface area contributed by atoms with Gasteiger partial charge in [-0.15, -0.1) is 0 Å². The molecule has 2 unspecified atom stereocenters. The second kappa shape index (κ2) is 5.20. The van der Waals surface area contributed by atoms with Gasteiger partial charge in [0.25, 0.3) is 0 Å². The maximum atomic E-state index is 10.8. The predicted octanol–water partition coefficient (Wildman–Crippen LogP) is 2.59. The van der Waals surface area contributed by atoms with Gasteiger partial charge in [-0.25, -0.2) is 0 Å². The number of rotatable bonds is 2. The standard InChI is InChI=1S/C16H16N2O2/c17-10-16(7-3-9-20-11-16)15(19)13-6-8-18-14-5-2-1-4-12(13)14/h1-2,4-6,8,15,19H,3,7,9,11H2. The smallest absolute Gasteiger partial charge is 0.111 e. The Kier molecular flexibility index (Phi) is 3.39. The summed E-state index contributed by atoms with van der Waals surface area (Å²) in [4.78, 5) is 4.29. The van der Waals surface area contributed by atoms with E-state index in [4.69, 9.17) is 4.74 Å². The number of benzene rings is 1. The fourth-order valence-corrected chi connectivity index (χ4v) is 2.84. The average Bonchev–Trinajstić information content (AvgIpc) is 2.54. The van der Waals surface area contributed by atoms with Crippen molar-refractivity contribution in [2.45, 2.75) is 18.9 Å². The van der Waals surface area contributed by atoms with Crippen LogP contribution in [0.3, 0.4) is 0 Å². The summed E-state index contributed by atoms with van der Waals surface area (Å²) in [5.74, 6) is 0. The third kappa shape index (κ3) is 2.05. The number of ether oxygens (including phenoxy) is 1. The van der Waals surface area contributed by atoms with Gasteiger partial charge in [0.2, 0.25) is 0 Å². The van der Waals surface area contributed by atoms with Crippen molar-refractivity contribution >= 4 is 10.9 Å². The van der Waals surface area contributed by atoms with Crippen LogP contribution < -0.4 is 0 Å². The normalized spacial score (nSPS) is 24.2. The van der Waals surface area contributed by atoms with E-state index in [1.165, 1.54) is 0 Å². The third-order valence-corrected chi connectivity index (χ3v) is 3.99. The van der Waals surface area contributed by atoms with Crippen LogP contribution >= 0.6 is 0 Å². The van der Waals surface area contributed by atoms with Crippen molar-refractivity contribution in [2.24, 2.45) is 5.41 Å². The van der Waals surface area contributed by atoms with E-state index in [0.29, 0.717) is 13.0 Å². The molecule has 0 spiro atoms. The number of nitrogens with zero attached hydrogens (tertiary/aromatic N) is 2. The molecule has 0 bridgehead atoms. The summed E-state index contributed by atoms with van der Waals surface area (Å²) in [6, 6.07) is 11.7. The summed E-state index contributed by atoms with van der Waals surface area (Å²) in [6.45, 7) is 0.939. The first kappa shape index (κ1) is 13.0. The highest BCUT2D eigenvalue weighted by Gasteiger charge is 2.41. The Labute approximate surface area is 117 Å². The highest BCUT2D eigenvalue weighted by molar-refractivity contribution is 5.82. The molecule has 3 rings (SSSR count). The van der Waals surface area contributed by atoms with E-state index in [9.17, 15) is 10.4 Å². The molecule has 0 radical (unpaired) electrons. The summed E-state index contributed by atoms with van der Waals surface area (Å²) < 4.78 is 5.43. The van der Waals surface area contributed by atoms with Gasteiger partial charge in [0, 0.05) is 18.2 Å². The number of pyridine rings is 1. The molecular formula is C16H16N2O2. The average molecular weight is 268 g/mol. The molecule has 2 atom stereocenters. The molecule has 1 saturated heterocycles. The zero-order chi connectivity index (χ0) is 14.0. The number of aromatic nitrogens is 1. The minimum Gasteiger partial charge on any atom is -0.387 e. The van der Waals surface area contributed by atoms with Crippen LogP contribution in [-0.4, -0.2) is 23.3 Å². The molecule has 1 N–H and O–H groups in total. The number of aliphatic hydroxyl groups excluding tert-OH is 1. The lowest BCUT2D eigenvalue weighted by Gasteiger charge is -2.35. The van der Waals surface area contributed by atoms with Crippen LogP contribution in [0.5, 0.6) is 0 Å². The van der Waals surface area contributed by atoms with E-state index in [1.54, 1.807) is 12.3 Å². The van der Waals surface area contributed by atoms with E-state index >= 15 is 0 Å². The molecule has 4 nitrogen and oxygen atoms in total. The van der Waals surface area contributed by atoms with E-state index in [2.05, 4.69) is 11.1 Å². The summed E-state index contributed by atoms with van der Waals surface area (Å²) in [5.41, 5.74) is 0.721. The first-order chi connectivity index (χ1) is 9.77. The van der Waals surface area contributed by atoms with Gasteiger partial charge in [0.15, 0.2) is 0 Å². The molecule has 1 aromatic heterocycles. The van der Waals surface area contributed by atoms with Crippen LogP contribution in [0, 0.1) is 16.7 Å². The molecule has 2 aromatic rings. The zero-order valence-electron chi connectivity index (χ0n) is 11.1. The molecule has 4 heteroatoms. The van der Waals surface area contributed by atoms with E-state index in [0.717, 1.165) is 22.9 Å². The molecule has 102 valence electrons. The lowest BCUT2D eigenvalue weighted by molar-refractivity contribution is -0.0500. The second-order valence-corrected chi connectivity index (χ2v) is 5.24. The predicted molar refractivity (Wildman–Crippen MR) is 74.8 cm³/mol. The Morgan fingerprint density at radius 1 is 1.35 bits per heavy atom. The van der Waals surface area contributed by atoms with Gasteiger partial charge in [-0.1, -0.05) is 18.2 Å². The number of hydrogen-bond acceptors (Lipinski definition) is 4. The molecule has 1 aliphatic rings. The van der Waals surface area contributed by atoms with Crippen LogP contribution in [-0.2, 0) is 4.74 Å². The van der Waals surface area contributed by atoms with E-state index in [1.807, 2.05) is 24.3 Å². The van der Waals surface area contributed by atoms with E-state index in [-0.39, 0.29) is 6.61 Å². The fourth-order valence-electron chi connectivity index (χ4n) is 2.84. The molecule has 1 aromatic carbocycles. The summed E-state index contributed by atoms with van der Waals surface area (Å²) in [7, 11) is 0. The first-order valence-corrected chi connectivity index (χ1v) is 6.77. The monoisotopic (exact) mass is 268 g/mol. The number of nitriles is 1. The quantitative estimate of drug-likeness (QED) is 0.909. The lowest BCUT2D eigenvalue weighted by Crippen LogP contribution is -2.36. The van der Waals surface area contributed by atoms with Gasteiger partial charge in [-0.3, -0.25) is 4.98 Å². The van der Waals surface area contributed by atoms with Crippen molar-refractivity contribution in [3.05, 3.63) is 42.1 Å². The highest BCUT2D eigenvalue weighted by atomic mass is 16.5. The van der Waals surface area contributed by atoms with Gasteiger partial charge < -0.3 is 9.84 Å². The Morgan fingerprint density at radius 3 is 2.95 bits per heavy atom. The van der Waals surface area contributed by atoms with Crippen LogP contribution in [0.2, 0.25) is 0 Å². The SMILES string of the molecule is N#CC1(C(O)c2ccnc3ccccc23)CCCOC1. The minimum absolute atomic E-state index is 0.279. The Morgan fingerprint density at radius 2 is 2.20 bits per heavy atom. The van der Waals surface area contributed by atoms with Crippen molar-refractivity contribution < 1.29 is 9.84 Å². The Balaban J connectivity index is 2.08. The summed E-state index contributed by atoms with van der Waals surface area (Å²) in [6.07, 6.45) is 2.27. The maximum absolute atomic E-state index is 10.8. The number of para-hydroxylation sites is 1. The van der Waals surface area contributed by atoms with Crippen molar-refractivity contribution in [3.63, 3.8) is 0 Å². The topological polar surface area (TPSA) is 66.1 Å². The molecule has 1 aliphatic heterocycles. The largest absolute Gasteiger partial charge is 0.387 e. The van der Waals surface area contributed by atoms with Gasteiger partial charge in [0.05, 0.1) is 18.2 Å². The van der Waals surface area contributed by atoms with Gasteiger partial charge >= 0.3 is 0 Å². The highest BCUT2D eigenvalue weighted by Crippen LogP contribution is 2.42. The van der Waals surface area contributed by atoms with Crippen molar-refractivity contribution in [2.75, 3.05) is 13.2 Å². The van der Waals surface area contributed by atoms with Gasteiger partial charge in [-0.2, -0.15) is 5.26 Å². The lowest BCUT2D eigenvalue weighted by atomic mass is 9.75. The van der Waals surface area contributed by atoms with Crippen molar-refractivity contribution in [3.8, 4) is 6.07 Å². The van der Waals surface area contributed by atoms with Crippen LogP contribution in [0.4, 0.5) is 0 Å². The minimum atomic E-state index is -0.860. The molecule has 1 fully saturated rings.